The van der Waals surface area contributed by atoms with Crippen LogP contribution in [0.25, 0.3) is 0 Å². The van der Waals surface area contributed by atoms with E-state index >= 15 is 0 Å². The Labute approximate surface area is 161 Å². The summed E-state index contributed by atoms with van der Waals surface area (Å²) in [4.78, 5) is 12.2. The zero-order valence-corrected chi connectivity index (χ0v) is 17.5. The number of carbonyl (C=O) groups is 1. The summed E-state index contributed by atoms with van der Waals surface area (Å²) in [6, 6.07) is 5.81. The maximum atomic E-state index is 12.4. The molecular weight excluding hydrogens is 372 g/mol. The van der Waals surface area contributed by atoms with Crippen LogP contribution in [0.4, 0.5) is 0 Å². The molecule has 1 aromatic carbocycles. The minimum absolute atomic E-state index is 0.0257. The van der Waals surface area contributed by atoms with Gasteiger partial charge < -0.3 is 5.32 Å². The molecule has 0 unspecified atom stereocenters. The second-order valence-corrected chi connectivity index (χ2v) is 9.49. The number of nitrogens with one attached hydrogen (secondary N) is 4. The van der Waals surface area contributed by atoms with Crippen LogP contribution in [0.3, 0.4) is 0 Å². The average molecular weight is 401 g/mol. The van der Waals surface area contributed by atoms with Crippen molar-refractivity contribution in [1.82, 2.24) is 20.9 Å². The Hall–Kier alpha value is -1.71. The van der Waals surface area contributed by atoms with Crippen molar-refractivity contribution in [1.29, 1.82) is 0 Å². The van der Waals surface area contributed by atoms with Gasteiger partial charge in [-0.15, -0.1) is 0 Å². The molecular formula is C17H28N4O3S2. The normalized spacial score (nSPS) is 11.9. The van der Waals surface area contributed by atoms with Gasteiger partial charge in [0, 0.05) is 17.6 Å². The molecule has 0 radical (unpaired) electrons. The van der Waals surface area contributed by atoms with Crippen LogP contribution in [0.2, 0.25) is 0 Å². The summed E-state index contributed by atoms with van der Waals surface area (Å²) in [5.41, 5.74) is 4.65. The summed E-state index contributed by atoms with van der Waals surface area (Å²) < 4.78 is 27.3. The number of thiocarbonyl (C=S) groups is 1. The van der Waals surface area contributed by atoms with E-state index in [0.29, 0.717) is 17.6 Å². The Morgan fingerprint density at radius 1 is 1.19 bits per heavy atom. The highest BCUT2D eigenvalue weighted by Crippen LogP contribution is 2.14. The third kappa shape index (κ3) is 8.11. The predicted octanol–water partition coefficient (Wildman–Crippen LogP) is 1.92. The highest BCUT2D eigenvalue weighted by atomic mass is 32.2. The van der Waals surface area contributed by atoms with Gasteiger partial charge in [0.05, 0.1) is 4.90 Å². The third-order valence-electron chi connectivity index (χ3n) is 3.14. The van der Waals surface area contributed by atoms with Gasteiger partial charge in [0.2, 0.25) is 10.0 Å². The maximum absolute atomic E-state index is 12.4. The highest BCUT2D eigenvalue weighted by Gasteiger charge is 2.22. The maximum Gasteiger partial charge on any atom is 0.269 e. The molecule has 0 saturated carbocycles. The van der Waals surface area contributed by atoms with Gasteiger partial charge in [-0.3, -0.25) is 15.6 Å². The first kappa shape index (κ1) is 22.3. The van der Waals surface area contributed by atoms with E-state index in [1.54, 1.807) is 20.8 Å². The van der Waals surface area contributed by atoms with Gasteiger partial charge in [0.1, 0.15) is 0 Å². The number of hydrazine groups is 1. The molecule has 1 rings (SSSR count). The number of amides is 1. The van der Waals surface area contributed by atoms with E-state index < -0.39 is 21.5 Å². The number of hydrogen-bond acceptors (Lipinski definition) is 4. The lowest BCUT2D eigenvalue weighted by molar-refractivity contribution is 0.0943. The minimum atomic E-state index is -3.71. The number of hydrogen-bond donors (Lipinski definition) is 4. The lowest BCUT2D eigenvalue weighted by Crippen LogP contribution is -2.47. The number of benzene rings is 1. The van der Waals surface area contributed by atoms with E-state index in [4.69, 9.17) is 12.2 Å². The van der Waals surface area contributed by atoms with Gasteiger partial charge in [-0.05, 0) is 63.5 Å². The largest absolute Gasteiger partial charge is 0.361 e. The van der Waals surface area contributed by atoms with Crippen molar-refractivity contribution in [3.8, 4) is 0 Å². The van der Waals surface area contributed by atoms with Crippen molar-refractivity contribution in [2.45, 2.75) is 51.5 Å². The topological polar surface area (TPSA) is 99.3 Å². The van der Waals surface area contributed by atoms with E-state index in [1.807, 2.05) is 0 Å². The smallest absolute Gasteiger partial charge is 0.269 e. The minimum Gasteiger partial charge on any atom is -0.361 e. The number of sulfonamides is 1. The molecule has 1 aromatic rings. The molecule has 0 heterocycles. The molecule has 1 amide bonds. The molecule has 146 valence electrons. The molecule has 0 atom stereocenters. The molecule has 0 aliphatic heterocycles. The first-order valence-corrected chi connectivity index (χ1v) is 10.3. The van der Waals surface area contributed by atoms with Crippen molar-refractivity contribution in [3.63, 3.8) is 0 Å². The number of carbonyl (C=O) groups excluding carboxylic acids is 1. The summed E-state index contributed by atoms with van der Waals surface area (Å²) in [7, 11) is -3.71. The second-order valence-electron chi connectivity index (χ2n) is 7.40. The zero-order valence-electron chi connectivity index (χ0n) is 15.8. The van der Waals surface area contributed by atoms with Crippen molar-refractivity contribution < 1.29 is 13.2 Å². The van der Waals surface area contributed by atoms with Crippen LogP contribution in [0.1, 0.15) is 51.4 Å². The third-order valence-corrected chi connectivity index (χ3v) is 5.15. The van der Waals surface area contributed by atoms with Gasteiger partial charge in [0.15, 0.2) is 5.11 Å². The van der Waals surface area contributed by atoms with E-state index in [9.17, 15) is 13.2 Å². The lowest BCUT2D eigenvalue weighted by atomic mass is 10.1. The van der Waals surface area contributed by atoms with Crippen LogP contribution in [-0.2, 0) is 10.0 Å². The summed E-state index contributed by atoms with van der Waals surface area (Å²) >= 11 is 5.08. The fourth-order valence-electron chi connectivity index (χ4n) is 1.97. The fraction of sp³-hybridized carbons (Fsp3) is 0.529. The van der Waals surface area contributed by atoms with Gasteiger partial charge >= 0.3 is 0 Å². The molecule has 0 spiro atoms. The molecule has 0 aliphatic rings. The molecule has 0 saturated heterocycles. The SMILES string of the molecule is CC(C)CCNC(=S)NNC(=O)c1cccc(S(=O)(=O)NC(C)(C)C)c1. The van der Waals surface area contributed by atoms with Gasteiger partial charge in [-0.25, -0.2) is 13.1 Å². The average Bonchev–Trinajstić information content (AvgIpc) is 2.50. The van der Waals surface area contributed by atoms with Crippen molar-refractivity contribution in [2.75, 3.05) is 6.54 Å². The Morgan fingerprint density at radius 2 is 1.85 bits per heavy atom. The molecule has 4 N–H and O–H groups in total. The Balaban J connectivity index is 2.70. The molecule has 0 aliphatic carbocycles. The highest BCUT2D eigenvalue weighted by molar-refractivity contribution is 7.89. The van der Waals surface area contributed by atoms with E-state index in [1.165, 1.54) is 24.3 Å². The summed E-state index contributed by atoms with van der Waals surface area (Å²) in [6.07, 6.45) is 0.955. The molecule has 7 nitrogen and oxygen atoms in total. The summed E-state index contributed by atoms with van der Waals surface area (Å²) in [5.74, 6) is 0.0668. The Morgan fingerprint density at radius 3 is 2.42 bits per heavy atom. The lowest BCUT2D eigenvalue weighted by Gasteiger charge is -2.20. The van der Waals surface area contributed by atoms with E-state index in [2.05, 4.69) is 34.7 Å². The molecule has 0 fully saturated rings. The van der Waals surface area contributed by atoms with Gasteiger partial charge in [-0.1, -0.05) is 19.9 Å². The zero-order chi connectivity index (χ0) is 20.0. The standard InChI is InChI=1S/C17H28N4O3S2/c1-12(2)9-10-18-16(25)20-19-15(22)13-7-6-8-14(11-13)26(23,24)21-17(3,4)5/h6-8,11-12,21H,9-10H2,1-5H3,(H,19,22)(H2,18,20,25). The van der Waals surface area contributed by atoms with Crippen LogP contribution in [0.15, 0.2) is 29.2 Å². The van der Waals surface area contributed by atoms with Gasteiger partial charge in [-0.2, -0.15) is 0 Å². The van der Waals surface area contributed by atoms with Crippen LogP contribution in [-0.4, -0.2) is 31.5 Å². The molecule has 26 heavy (non-hydrogen) atoms. The van der Waals surface area contributed by atoms with Gasteiger partial charge in [0.25, 0.3) is 5.91 Å². The molecule has 9 heteroatoms. The summed E-state index contributed by atoms with van der Waals surface area (Å²) in [6.45, 7) is 10.2. The second kappa shape index (κ2) is 9.29. The molecule has 0 aromatic heterocycles. The first-order chi connectivity index (χ1) is 11.9. The Kier molecular flexibility index (Phi) is 7.98. The van der Waals surface area contributed by atoms with E-state index in [-0.39, 0.29) is 10.5 Å². The predicted molar refractivity (Wildman–Crippen MR) is 107 cm³/mol. The monoisotopic (exact) mass is 400 g/mol. The number of rotatable bonds is 6. The van der Waals surface area contributed by atoms with Crippen LogP contribution < -0.4 is 20.9 Å². The van der Waals surface area contributed by atoms with Crippen LogP contribution in [0, 0.1) is 5.92 Å². The molecule has 0 bridgehead atoms. The van der Waals surface area contributed by atoms with Crippen LogP contribution in [0.5, 0.6) is 0 Å². The fourth-order valence-corrected chi connectivity index (χ4v) is 3.59. The quantitative estimate of drug-likeness (QED) is 0.430. The first-order valence-electron chi connectivity index (χ1n) is 8.39. The van der Waals surface area contributed by atoms with Crippen molar-refractivity contribution >= 4 is 33.3 Å². The Bertz CT molecular complexity index is 741. The van der Waals surface area contributed by atoms with Crippen LogP contribution >= 0.6 is 12.2 Å². The summed E-state index contributed by atoms with van der Waals surface area (Å²) in [5, 5.41) is 3.28. The van der Waals surface area contributed by atoms with E-state index in [0.717, 1.165) is 6.42 Å². The van der Waals surface area contributed by atoms with Crippen molar-refractivity contribution in [3.05, 3.63) is 29.8 Å². The van der Waals surface area contributed by atoms with Crippen molar-refractivity contribution in [2.24, 2.45) is 5.92 Å².